The van der Waals surface area contributed by atoms with Gasteiger partial charge in [0, 0.05) is 5.56 Å². The van der Waals surface area contributed by atoms with Crippen LogP contribution < -0.4 is 11.0 Å². The van der Waals surface area contributed by atoms with Gasteiger partial charge >= 0.3 is 5.69 Å². The van der Waals surface area contributed by atoms with E-state index in [0.717, 1.165) is 5.56 Å². The van der Waals surface area contributed by atoms with Crippen LogP contribution in [0.2, 0.25) is 0 Å². The number of carbonyl (C=O) groups excluding carboxylic acids is 1. The summed E-state index contributed by atoms with van der Waals surface area (Å²) in [5.41, 5.74) is 0.372. The van der Waals surface area contributed by atoms with Gasteiger partial charge in [0.25, 0.3) is 5.91 Å². The molecule has 0 fully saturated rings. The first kappa shape index (κ1) is 17.0. The number of aliphatic hydroxyl groups is 1. The van der Waals surface area contributed by atoms with E-state index in [2.05, 4.69) is 20.5 Å². The fourth-order valence-electron chi connectivity index (χ4n) is 2.15. The first-order valence-corrected chi connectivity index (χ1v) is 7.51. The SMILES string of the molecule is CC(NC(=O)c1cccc(CCC(C)(C)O)c1)c1n[nH]c(=O)[nH]1. The average molecular weight is 318 g/mol. The summed E-state index contributed by atoms with van der Waals surface area (Å²) in [7, 11) is 0. The molecule has 0 radical (unpaired) electrons. The molecule has 23 heavy (non-hydrogen) atoms. The molecule has 0 aliphatic carbocycles. The van der Waals surface area contributed by atoms with Gasteiger partial charge in [-0.25, -0.2) is 9.89 Å². The highest BCUT2D eigenvalue weighted by atomic mass is 16.3. The molecule has 0 bridgehead atoms. The number of aromatic amines is 2. The van der Waals surface area contributed by atoms with Crippen molar-refractivity contribution in [1.29, 1.82) is 0 Å². The second-order valence-electron chi connectivity index (χ2n) is 6.27. The Balaban J connectivity index is 2.03. The molecule has 1 atom stereocenters. The summed E-state index contributed by atoms with van der Waals surface area (Å²) in [5, 5.41) is 18.6. The molecule has 0 aliphatic heterocycles. The molecule has 1 unspecified atom stereocenters. The number of benzene rings is 1. The fourth-order valence-corrected chi connectivity index (χ4v) is 2.15. The van der Waals surface area contributed by atoms with E-state index in [1.807, 2.05) is 12.1 Å². The van der Waals surface area contributed by atoms with Gasteiger partial charge in [-0.2, -0.15) is 5.10 Å². The maximum atomic E-state index is 12.3. The third-order valence-electron chi connectivity index (χ3n) is 3.49. The lowest BCUT2D eigenvalue weighted by Crippen LogP contribution is -2.27. The third kappa shape index (κ3) is 5.07. The van der Waals surface area contributed by atoms with Gasteiger partial charge in [-0.1, -0.05) is 12.1 Å². The van der Waals surface area contributed by atoms with E-state index in [1.54, 1.807) is 32.9 Å². The summed E-state index contributed by atoms with van der Waals surface area (Å²) >= 11 is 0. The van der Waals surface area contributed by atoms with Gasteiger partial charge in [0.05, 0.1) is 11.6 Å². The summed E-state index contributed by atoms with van der Waals surface area (Å²) in [6.45, 7) is 5.26. The van der Waals surface area contributed by atoms with Crippen molar-refractivity contribution in [3.05, 3.63) is 51.7 Å². The quantitative estimate of drug-likeness (QED) is 0.643. The molecular weight excluding hydrogens is 296 g/mol. The molecule has 1 aromatic heterocycles. The number of carbonyl (C=O) groups is 1. The van der Waals surface area contributed by atoms with Gasteiger partial charge in [0.1, 0.15) is 0 Å². The Labute approximate surface area is 134 Å². The van der Waals surface area contributed by atoms with Crippen molar-refractivity contribution in [3.63, 3.8) is 0 Å². The van der Waals surface area contributed by atoms with Gasteiger partial charge in [-0.3, -0.25) is 9.78 Å². The Kier molecular flexibility index (Phi) is 5.00. The Hall–Kier alpha value is -2.41. The minimum Gasteiger partial charge on any atom is -0.390 e. The zero-order valence-electron chi connectivity index (χ0n) is 13.5. The van der Waals surface area contributed by atoms with Crippen LogP contribution in [0.15, 0.2) is 29.1 Å². The molecule has 0 saturated carbocycles. The highest BCUT2D eigenvalue weighted by molar-refractivity contribution is 5.94. The number of nitrogens with zero attached hydrogens (tertiary/aromatic N) is 1. The Morgan fingerprint density at radius 1 is 1.43 bits per heavy atom. The Morgan fingerprint density at radius 2 is 2.17 bits per heavy atom. The van der Waals surface area contributed by atoms with Gasteiger partial charge in [0.15, 0.2) is 5.82 Å². The first-order valence-electron chi connectivity index (χ1n) is 7.51. The lowest BCUT2D eigenvalue weighted by molar-refractivity contribution is 0.0714. The number of nitrogens with one attached hydrogen (secondary N) is 3. The number of rotatable bonds is 6. The molecular formula is C16H22N4O3. The summed E-state index contributed by atoms with van der Waals surface area (Å²) in [6.07, 6.45) is 1.30. The topological polar surface area (TPSA) is 111 Å². The maximum Gasteiger partial charge on any atom is 0.340 e. The normalized spacial score (nSPS) is 12.9. The van der Waals surface area contributed by atoms with Crippen molar-refractivity contribution in [3.8, 4) is 0 Å². The van der Waals surface area contributed by atoms with E-state index in [4.69, 9.17) is 0 Å². The van der Waals surface area contributed by atoms with Gasteiger partial charge in [0.2, 0.25) is 0 Å². The van der Waals surface area contributed by atoms with Crippen LogP contribution in [0.25, 0.3) is 0 Å². The molecule has 7 heteroatoms. The van der Waals surface area contributed by atoms with Crippen molar-refractivity contribution >= 4 is 5.91 Å². The standard InChI is InChI=1S/C16H22N4O3/c1-10(13-18-15(22)20-19-13)17-14(21)12-6-4-5-11(9-12)7-8-16(2,3)23/h4-6,9-10,23H,7-8H2,1-3H3,(H,17,21)(H2,18,19,20,22). The predicted octanol–water partition coefficient (Wildman–Crippen LogP) is 1.29. The largest absolute Gasteiger partial charge is 0.390 e. The molecule has 124 valence electrons. The number of aryl methyl sites for hydroxylation is 1. The van der Waals surface area contributed by atoms with E-state index >= 15 is 0 Å². The zero-order valence-corrected chi connectivity index (χ0v) is 13.5. The van der Waals surface area contributed by atoms with Crippen LogP contribution in [-0.2, 0) is 6.42 Å². The summed E-state index contributed by atoms with van der Waals surface area (Å²) in [4.78, 5) is 25.9. The van der Waals surface area contributed by atoms with Crippen molar-refractivity contribution in [1.82, 2.24) is 20.5 Å². The summed E-state index contributed by atoms with van der Waals surface area (Å²) in [5.74, 6) is 0.132. The molecule has 0 saturated heterocycles. The van der Waals surface area contributed by atoms with E-state index in [0.29, 0.717) is 24.2 Å². The van der Waals surface area contributed by atoms with E-state index < -0.39 is 17.3 Å². The Bertz CT molecular complexity index is 727. The number of H-pyrrole nitrogens is 2. The number of hydrogen-bond acceptors (Lipinski definition) is 4. The number of hydrogen-bond donors (Lipinski definition) is 4. The fraction of sp³-hybridized carbons (Fsp3) is 0.438. The van der Waals surface area contributed by atoms with Crippen LogP contribution in [0.1, 0.15) is 55.0 Å². The average Bonchev–Trinajstić information content (AvgIpc) is 2.91. The molecule has 0 aliphatic rings. The van der Waals surface area contributed by atoms with Crippen molar-refractivity contribution in [2.75, 3.05) is 0 Å². The third-order valence-corrected chi connectivity index (χ3v) is 3.49. The van der Waals surface area contributed by atoms with Gasteiger partial charge < -0.3 is 10.4 Å². The highest BCUT2D eigenvalue weighted by Crippen LogP contribution is 2.15. The maximum absolute atomic E-state index is 12.3. The molecule has 2 rings (SSSR count). The predicted molar refractivity (Wildman–Crippen MR) is 86.2 cm³/mol. The van der Waals surface area contributed by atoms with Crippen LogP contribution >= 0.6 is 0 Å². The van der Waals surface area contributed by atoms with Crippen molar-refractivity contribution in [2.45, 2.75) is 45.3 Å². The minimum atomic E-state index is -0.737. The van der Waals surface area contributed by atoms with Gasteiger partial charge in [-0.05, 0) is 51.3 Å². The van der Waals surface area contributed by atoms with E-state index in [1.165, 1.54) is 0 Å². The van der Waals surface area contributed by atoms with Crippen molar-refractivity contribution < 1.29 is 9.90 Å². The van der Waals surface area contributed by atoms with Crippen LogP contribution in [0.4, 0.5) is 0 Å². The minimum absolute atomic E-state index is 0.244. The molecule has 1 aromatic carbocycles. The van der Waals surface area contributed by atoms with E-state index in [-0.39, 0.29) is 5.91 Å². The molecule has 1 heterocycles. The molecule has 1 amide bonds. The lowest BCUT2D eigenvalue weighted by atomic mass is 9.98. The number of aromatic nitrogens is 3. The second kappa shape index (κ2) is 6.78. The zero-order chi connectivity index (χ0) is 17.0. The van der Waals surface area contributed by atoms with E-state index in [9.17, 15) is 14.7 Å². The molecule has 2 aromatic rings. The van der Waals surface area contributed by atoms with Crippen LogP contribution in [0.3, 0.4) is 0 Å². The monoisotopic (exact) mass is 318 g/mol. The van der Waals surface area contributed by atoms with Crippen LogP contribution in [-0.4, -0.2) is 31.8 Å². The Morgan fingerprint density at radius 3 is 2.78 bits per heavy atom. The molecule has 0 spiro atoms. The van der Waals surface area contributed by atoms with Gasteiger partial charge in [-0.15, -0.1) is 0 Å². The summed E-state index contributed by atoms with van der Waals surface area (Å²) in [6, 6.07) is 6.86. The highest BCUT2D eigenvalue weighted by Gasteiger charge is 2.16. The smallest absolute Gasteiger partial charge is 0.340 e. The van der Waals surface area contributed by atoms with Crippen LogP contribution in [0, 0.1) is 0 Å². The first-order chi connectivity index (χ1) is 10.7. The lowest BCUT2D eigenvalue weighted by Gasteiger charge is -2.17. The number of amides is 1. The van der Waals surface area contributed by atoms with Crippen LogP contribution in [0.5, 0.6) is 0 Å². The summed E-state index contributed by atoms with van der Waals surface area (Å²) < 4.78 is 0. The molecule has 4 N–H and O–H groups in total. The van der Waals surface area contributed by atoms with Crippen molar-refractivity contribution in [2.24, 2.45) is 0 Å². The molecule has 7 nitrogen and oxygen atoms in total. The second-order valence-corrected chi connectivity index (χ2v) is 6.27.